The molecule has 0 fully saturated rings. The van der Waals surface area contributed by atoms with Crippen molar-refractivity contribution in [3.8, 4) is 0 Å². The minimum Gasteiger partial charge on any atom is -0.111 e. The van der Waals surface area contributed by atoms with Gasteiger partial charge in [0.1, 0.15) is 0 Å². The van der Waals surface area contributed by atoms with Gasteiger partial charge in [-0.3, -0.25) is 0 Å². The molecule has 0 saturated carbocycles. The molecule has 0 saturated heterocycles. The van der Waals surface area contributed by atoms with E-state index < -0.39 is 0 Å². The predicted octanol–water partition coefficient (Wildman–Crippen LogP) is 6.80. The van der Waals surface area contributed by atoms with Crippen LogP contribution in [0.15, 0.2) is 24.3 Å². The monoisotopic (exact) mass is 480 g/mol. The van der Waals surface area contributed by atoms with Crippen LogP contribution in [-0.4, -0.2) is 0 Å². The lowest BCUT2D eigenvalue weighted by molar-refractivity contribution is 1.18. The molecule has 1 heterocycles. The first-order chi connectivity index (χ1) is 7.99. The summed E-state index contributed by atoms with van der Waals surface area (Å²) < 4.78 is 2.52. The second-order valence-corrected chi connectivity index (χ2v) is 8.11. The highest BCUT2D eigenvalue weighted by molar-refractivity contribution is 14.1. The third kappa shape index (κ3) is 3.31. The zero-order valence-electron chi connectivity index (χ0n) is 8.18. The van der Waals surface area contributed by atoms with E-state index in [9.17, 15) is 0 Å². The Hall–Kier alpha value is 1.000. The average molecular weight is 482 g/mol. The van der Waals surface area contributed by atoms with E-state index in [4.69, 9.17) is 34.8 Å². The van der Waals surface area contributed by atoms with E-state index in [-0.39, 0.29) is 4.83 Å². The quantitative estimate of drug-likeness (QED) is 0.326. The lowest BCUT2D eigenvalue weighted by atomic mass is 10.1. The zero-order valence-corrected chi connectivity index (χ0v) is 15.0. The van der Waals surface area contributed by atoms with Crippen LogP contribution in [0, 0.1) is 3.57 Å². The molecule has 1 atom stereocenters. The molecule has 0 aliphatic heterocycles. The maximum absolute atomic E-state index is 6.15. The first kappa shape index (κ1) is 14.4. The fourth-order valence-electron chi connectivity index (χ4n) is 1.40. The normalized spacial score (nSPS) is 12.8. The fourth-order valence-corrected chi connectivity index (χ4v) is 5.21. The number of alkyl halides is 1. The molecule has 0 aliphatic rings. The van der Waals surface area contributed by atoms with Crippen LogP contribution in [0.25, 0.3) is 0 Å². The van der Waals surface area contributed by atoms with Crippen LogP contribution in [0.2, 0.25) is 13.7 Å². The van der Waals surface area contributed by atoms with Crippen LogP contribution in [0.5, 0.6) is 0 Å². The van der Waals surface area contributed by atoms with Crippen LogP contribution in [-0.2, 0) is 0 Å². The van der Waals surface area contributed by atoms with Crippen molar-refractivity contribution < 1.29 is 0 Å². The van der Waals surface area contributed by atoms with Crippen molar-refractivity contribution in [1.29, 1.82) is 0 Å². The molecule has 17 heavy (non-hydrogen) atoms. The number of benzene rings is 1. The van der Waals surface area contributed by atoms with E-state index in [2.05, 4.69) is 38.5 Å². The lowest BCUT2D eigenvalue weighted by Gasteiger charge is -2.12. The van der Waals surface area contributed by atoms with Crippen LogP contribution in [0.1, 0.15) is 16.0 Å². The standard InChI is InChI=1S/C11H5BrCl3IS/c12-10(7-4-9(14)17-11(7)15)6-3-5(13)1-2-8(6)16/h1-4,10H. The number of hydrogen-bond acceptors (Lipinski definition) is 1. The molecule has 6 heteroatoms. The molecule has 2 aromatic rings. The molecule has 0 N–H and O–H groups in total. The van der Waals surface area contributed by atoms with E-state index in [0.717, 1.165) is 14.7 Å². The van der Waals surface area contributed by atoms with Crippen LogP contribution >= 0.6 is 84.7 Å². The molecule has 0 spiro atoms. The Kier molecular flexibility index (Phi) is 5.06. The maximum Gasteiger partial charge on any atom is 0.0990 e. The van der Waals surface area contributed by atoms with Gasteiger partial charge in [0.25, 0.3) is 0 Å². The minimum absolute atomic E-state index is 0.00403. The molecular formula is C11H5BrCl3IS. The van der Waals surface area contributed by atoms with Crippen LogP contribution in [0.4, 0.5) is 0 Å². The van der Waals surface area contributed by atoms with Gasteiger partial charge in [0.2, 0.25) is 0 Å². The molecule has 0 amide bonds. The first-order valence-electron chi connectivity index (χ1n) is 4.53. The summed E-state index contributed by atoms with van der Waals surface area (Å²) in [5.41, 5.74) is 2.07. The van der Waals surface area contributed by atoms with Crippen LogP contribution in [0.3, 0.4) is 0 Å². The molecule has 0 aliphatic carbocycles. The molecule has 1 unspecified atom stereocenters. The van der Waals surface area contributed by atoms with Gasteiger partial charge in [-0.05, 0) is 52.4 Å². The summed E-state index contributed by atoms with van der Waals surface area (Å²) in [6, 6.07) is 7.67. The Bertz CT molecular complexity index is 556. The molecule has 1 aromatic carbocycles. The highest BCUT2D eigenvalue weighted by atomic mass is 127. The average Bonchev–Trinajstić information content (AvgIpc) is 2.60. The first-order valence-corrected chi connectivity index (χ1v) is 8.47. The van der Waals surface area contributed by atoms with Crippen molar-refractivity contribution in [1.82, 2.24) is 0 Å². The molecule has 0 radical (unpaired) electrons. The predicted molar refractivity (Wildman–Crippen MR) is 89.3 cm³/mol. The summed E-state index contributed by atoms with van der Waals surface area (Å²) >= 11 is 25.4. The highest BCUT2D eigenvalue weighted by Gasteiger charge is 2.19. The van der Waals surface area contributed by atoms with Crippen molar-refractivity contribution in [3.63, 3.8) is 0 Å². The van der Waals surface area contributed by atoms with Crippen molar-refractivity contribution in [2.75, 3.05) is 0 Å². The van der Waals surface area contributed by atoms with E-state index in [1.54, 1.807) is 0 Å². The summed E-state index contributed by atoms with van der Waals surface area (Å²) in [5.74, 6) is 0. The van der Waals surface area contributed by atoms with Gasteiger partial charge >= 0.3 is 0 Å². The van der Waals surface area contributed by atoms with Gasteiger partial charge < -0.3 is 0 Å². The Balaban J connectivity index is 2.46. The SMILES string of the molecule is Clc1ccc(I)c(C(Br)c2cc(Cl)sc2Cl)c1. The highest BCUT2D eigenvalue weighted by Crippen LogP contribution is 2.43. The second kappa shape index (κ2) is 5.97. The third-order valence-corrected chi connectivity index (χ3v) is 5.91. The Labute approximate surface area is 141 Å². The molecule has 0 nitrogen and oxygen atoms in total. The van der Waals surface area contributed by atoms with Crippen LogP contribution < -0.4 is 0 Å². The van der Waals surface area contributed by atoms with Gasteiger partial charge in [0.15, 0.2) is 0 Å². The lowest BCUT2D eigenvalue weighted by Crippen LogP contribution is -1.94. The zero-order chi connectivity index (χ0) is 12.6. The third-order valence-electron chi connectivity index (χ3n) is 2.19. The topological polar surface area (TPSA) is 0 Å². The largest absolute Gasteiger partial charge is 0.111 e. The van der Waals surface area contributed by atoms with Crippen molar-refractivity contribution >= 4 is 84.7 Å². The van der Waals surface area contributed by atoms with Gasteiger partial charge in [0, 0.05) is 14.2 Å². The van der Waals surface area contributed by atoms with Crippen molar-refractivity contribution in [2.24, 2.45) is 0 Å². The number of thiophene rings is 1. The van der Waals surface area contributed by atoms with Crippen molar-refractivity contribution in [3.05, 3.63) is 52.7 Å². The number of hydrogen-bond donors (Lipinski definition) is 0. The summed E-state index contributed by atoms with van der Waals surface area (Å²) in [6.45, 7) is 0. The Morgan fingerprint density at radius 2 is 1.82 bits per heavy atom. The maximum atomic E-state index is 6.15. The molecular weight excluding hydrogens is 477 g/mol. The van der Waals surface area contributed by atoms with Gasteiger partial charge in [-0.2, -0.15) is 0 Å². The summed E-state index contributed by atoms with van der Waals surface area (Å²) in [6.07, 6.45) is 0. The second-order valence-electron chi connectivity index (χ2n) is 3.31. The molecule has 2 rings (SSSR count). The Morgan fingerprint density at radius 1 is 1.12 bits per heavy atom. The summed E-state index contributed by atoms with van der Waals surface area (Å²) in [5, 5.41) is 0.710. The van der Waals surface area contributed by atoms with Crippen molar-refractivity contribution in [2.45, 2.75) is 4.83 Å². The molecule has 0 bridgehead atoms. The number of rotatable bonds is 2. The van der Waals surface area contributed by atoms with Gasteiger partial charge in [-0.1, -0.05) is 50.7 Å². The summed E-state index contributed by atoms with van der Waals surface area (Å²) in [4.78, 5) is 0.00403. The van der Waals surface area contributed by atoms with E-state index in [1.165, 1.54) is 11.3 Å². The minimum atomic E-state index is 0.00403. The Morgan fingerprint density at radius 3 is 2.41 bits per heavy atom. The molecule has 90 valence electrons. The van der Waals surface area contributed by atoms with E-state index in [1.807, 2.05) is 24.3 Å². The fraction of sp³-hybridized carbons (Fsp3) is 0.0909. The summed E-state index contributed by atoms with van der Waals surface area (Å²) in [7, 11) is 0. The van der Waals surface area contributed by atoms with Gasteiger partial charge in [-0.25, -0.2) is 0 Å². The van der Waals surface area contributed by atoms with Gasteiger partial charge in [0.05, 0.1) is 13.5 Å². The smallest absolute Gasteiger partial charge is 0.0990 e. The molecule has 1 aromatic heterocycles. The van der Waals surface area contributed by atoms with Gasteiger partial charge in [-0.15, -0.1) is 11.3 Å². The van der Waals surface area contributed by atoms with E-state index >= 15 is 0 Å². The number of halogens is 5. The van der Waals surface area contributed by atoms with E-state index in [0.29, 0.717) is 13.7 Å².